The Labute approximate surface area is 261 Å². The maximum absolute atomic E-state index is 14.3. The van der Waals surface area contributed by atoms with E-state index < -0.39 is 29.3 Å². The third-order valence-corrected chi connectivity index (χ3v) is 7.78. The minimum absolute atomic E-state index is 0.00526. The molecule has 10 heteroatoms. The second-order valence-corrected chi connectivity index (χ2v) is 11.3. The number of aliphatic hydroxyl groups excluding tert-OH is 1. The second-order valence-electron chi connectivity index (χ2n) is 10.4. The zero-order chi connectivity index (χ0) is 31.2. The summed E-state index contributed by atoms with van der Waals surface area (Å²) in [7, 11) is 0. The van der Waals surface area contributed by atoms with E-state index in [0.717, 1.165) is 27.7 Å². The van der Waals surface area contributed by atoms with Crippen molar-refractivity contribution >= 4 is 27.7 Å². The molecule has 4 aromatic rings. The first-order valence-electron chi connectivity index (χ1n) is 14.0. The molecule has 1 heterocycles. The molecule has 44 heavy (non-hydrogen) atoms. The van der Waals surface area contributed by atoms with Crippen molar-refractivity contribution < 1.29 is 32.5 Å². The zero-order valence-corrected chi connectivity index (χ0v) is 25.1. The van der Waals surface area contributed by atoms with E-state index in [1.54, 1.807) is 24.3 Å². The highest BCUT2D eigenvalue weighted by Gasteiger charge is 2.53. The van der Waals surface area contributed by atoms with E-state index in [2.05, 4.69) is 21.2 Å². The van der Waals surface area contributed by atoms with Gasteiger partial charge in [0.25, 0.3) is 5.91 Å². The van der Waals surface area contributed by atoms with Crippen molar-refractivity contribution in [3.05, 3.63) is 135 Å². The Morgan fingerprint density at radius 3 is 2.23 bits per heavy atom. The van der Waals surface area contributed by atoms with E-state index in [4.69, 9.17) is 19.6 Å². The number of halogens is 4. The van der Waals surface area contributed by atoms with Gasteiger partial charge in [0, 0.05) is 36.0 Å². The number of aliphatic hydroxyl groups is 1. The average Bonchev–Trinajstić information content (AvgIpc) is 3.42. The van der Waals surface area contributed by atoms with Gasteiger partial charge in [0.15, 0.2) is 11.6 Å². The summed E-state index contributed by atoms with van der Waals surface area (Å²) < 4.78 is 52.3. The van der Waals surface area contributed by atoms with Crippen molar-refractivity contribution in [1.29, 1.82) is 0 Å². The van der Waals surface area contributed by atoms with Crippen LogP contribution in [0.3, 0.4) is 0 Å². The predicted molar refractivity (Wildman–Crippen MR) is 164 cm³/mol. The first-order chi connectivity index (χ1) is 21.2. The van der Waals surface area contributed by atoms with Gasteiger partial charge < -0.3 is 19.9 Å². The van der Waals surface area contributed by atoms with Gasteiger partial charge in [0.1, 0.15) is 5.75 Å². The molecular formula is C34H30BrF3N2O4. The molecule has 0 spiro atoms. The van der Waals surface area contributed by atoms with E-state index in [1.165, 1.54) is 12.1 Å². The van der Waals surface area contributed by atoms with Gasteiger partial charge in [0.2, 0.25) is 5.90 Å². The molecule has 4 aromatic carbocycles. The van der Waals surface area contributed by atoms with Gasteiger partial charge in [-0.15, -0.1) is 0 Å². The Bertz CT molecular complexity index is 1580. The molecule has 0 bridgehead atoms. The van der Waals surface area contributed by atoms with Gasteiger partial charge in [-0.2, -0.15) is 13.2 Å². The Morgan fingerprint density at radius 1 is 0.932 bits per heavy atom. The number of ether oxygens (including phenoxy) is 2. The standard InChI is InChI=1S/C34H30BrF3N2O4/c35-28-15-9-23(10-16-28)21-33(32(42)39-22-24-7-13-27(14-8-24)34(36,37)38)30(25-5-2-1-3-6-25)44-31(40-33)26-11-17-29(18-12-26)43-20-4-19-41/h1-3,5-18,30,41H,4,19-22H2,(H,39,42)/t30-,33-/m1/s1. The van der Waals surface area contributed by atoms with Crippen LogP contribution < -0.4 is 10.1 Å². The summed E-state index contributed by atoms with van der Waals surface area (Å²) in [6, 6.07) is 28.8. The van der Waals surface area contributed by atoms with Crippen LogP contribution in [-0.2, 0) is 28.7 Å². The summed E-state index contributed by atoms with van der Waals surface area (Å²) in [5, 5.41) is 11.9. The fourth-order valence-electron chi connectivity index (χ4n) is 4.97. The Kier molecular flexibility index (Phi) is 9.71. The van der Waals surface area contributed by atoms with Gasteiger partial charge in [-0.25, -0.2) is 4.99 Å². The van der Waals surface area contributed by atoms with Crippen LogP contribution in [0, 0.1) is 0 Å². The molecular weight excluding hydrogens is 637 g/mol. The summed E-state index contributed by atoms with van der Waals surface area (Å²) in [5.41, 5.74) is 0.561. The van der Waals surface area contributed by atoms with E-state index >= 15 is 0 Å². The smallest absolute Gasteiger partial charge is 0.416 e. The van der Waals surface area contributed by atoms with E-state index in [9.17, 15) is 18.0 Å². The molecule has 6 nitrogen and oxygen atoms in total. The molecule has 2 atom stereocenters. The van der Waals surface area contributed by atoms with Crippen LogP contribution in [0.2, 0.25) is 0 Å². The van der Waals surface area contributed by atoms with Gasteiger partial charge in [-0.3, -0.25) is 4.79 Å². The van der Waals surface area contributed by atoms with Crippen LogP contribution in [0.5, 0.6) is 5.75 Å². The van der Waals surface area contributed by atoms with Crippen LogP contribution in [0.4, 0.5) is 13.2 Å². The van der Waals surface area contributed by atoms with Crippen molar-refractivity contribution in [1.82, 2.24) is 5.32 Å². The third kappa shape index (κ3) is 7.31. The lowest BCUT2D eigenvalue weighted by atomic mass is 9.82. The number of amides is 1. The fraction of sp³-hybridized carbons (Fsp3) is 0.235. The summed E-state index contributed by atoms with van der Waals surface area (Å²) >= 11 is 3.46. The number of nitrogens with zero attached hydrogens (tertiary/aromatic N) is 1. The molecule has 0 saturated heterocycles. The van der Waals surface area contributed by atoms with Crippen LogP contribution in [0.15, 0.2) is 113 Å². The lowest BCUT2D eigenvalue weighted by Gasteiger charge is -2.31. The van der Waals surface area contributed by atoms with Gasteiger partial charge in [0.05, 0.1) is 12.2 Å². The number of alkyl halides is 3. The highest BCUT2D eigenvalue weighted by molar-refractivity contribution is 9.10. The van der Waals surface area contributed by atoms with Gasteiger partial charge in [-0.1, -0.05) is 70.5 Å². The summed E-state index contributed by atoms with van der Waals surface area (Å²) in [5.74, 6) is 0.478. The normalized spacial score (nSPS) is 17.9. The maximum atomic E-state index is 14.3. The SMILES string of the molecule is O=C(NCc1ccc(C(F)(F)F)cc1)[C@]1(Cc2ccc(Br)cc2)N=C(c2ccc(OCCCO)cc2)O[C@@H]1c1ccccc1. The number of hydrogen-bond donors (Lipinski definition) is 2. The highest BCUT2D eigenvalue weighted by atomic mass is 79.9. The molecule has 228 valence electrons. The maximum Gasteiger partial charge on any atom is 0.416 e. The molecule has 0 saturated carbocycles. The molecule has 5 rings (SSSR count). The number of nitrogens with one attached hydrogen (secondary N) is 1. The van der Waals surface area contributed by atoms with Crippen LogP contribution in [0.25, 0.3) is 0 Å². The van der Waals surface area contributed by atoms with Crippen molar-refractivity contribution in [3.8, 4) is 5.75 Å². The average molecular weight is 668 g/mol. The summed E-state index contributed by atoms with van der Waals surface area (Å²) in [6.45, 7) is 0.412. The molecule has 0 aromatic heterocycles. The largest absolute Gasteiger partial charge is 0.494 e. The first-order valence-corrected chi connectivity index (χ1v) is 14.8. The Hall–Kier alpha value is -4.15. The number of benzene rings is 4. The second kappa shape index (κ2) is 13.7. The third-order valence-electron chi connectivity index (χ3n) is 7.25. The molecule has 0 unspecified atom stereocenters. The van der Waals surface area contributed by atoms with Gasteiger partial charge in [-0.05, 0) is 65.2 Å². The zero-order valence-electron chi connectivity index (χ0n) is 23.6. The summed E-state index contributed by atoms with van der Waals surface area (Å²) in [4.78, 5) is 19.2. The summed E-state index contributed by atoms with van der Waals surface area (Å²) in [6.07, 6.45) is -4.54. The van der Waals surface area contributed by atoms with Crippen LogP contribution in [-0.4, -0.2) is 35.7 Å². The first kappa shape index (κ1) is 31.3. The van der Waals surface area contributed by atoms with Crippen molar-refractivity contribution in [2.45, 2.75) is 37.2 Å². The number of rotatable bonds is 11. The van der Waals surface area contributed by atoms with Crippen LogP contribution in [0.1, 0.15) is 40.3 Å². The van der Waals surface area contributed by atoms with E-state index in [-0.39, 0.29) is 25.5 Å². The molecule has 1 aliphatic rings. The number of carbonyl (C=O) groups is 1. The Balaban J connectivity index is 1.51. The minimum atomic E-state index is -4.45. The lowest BCUT2D eigenvalue weighted by molar-refractivity contribution is -0.137. The van der Waals surface area contributed by atoms with E-state index in [1.807, 2.05) is 54.6 Å². The molecule has 1 amide bonds. The molecule has 0 radical (unpaired) electrons. The monoisotopic (exact) mass is 666 g/mol. The molecule has 1 aliphatic heterocycles. The number of carbonyl (C=O) groups excluding carboxylic acids is 1. The lowest BCUT2D eigenvalue weighted by Crippen LogP contribution is -2.49. The topological polar surface area (TPSA) is 80.2 Å². The van der Waals surface area contributed by atoms with E-state index in [0.29, 0.717) is 29.9 Å². The van der Waals surface area contributed by atoms with Crippen molar-refractivity contribution in [2.75, 3.05) is 13.2 Å². The van der Waals surface area contributed by atoms with Crippen molar-refractivity contribution in [2.24, 2.45) is 4.99 Å². The van der Waals surface area contributed by atoms with Gasteiger partial charge >= 0.3 is 6.18 Å². The molecule has 0 fully saturated rings. The molecule has 2 N–H and O–H groups in total. The number of aliphatic imine (C=N–C) groups is 1. The van der Waals surface area contributed by atoms with Crippen LogP contribution >= 0.6 is 15.9 Å². The molecule has 0 aliphatic carbocycles. The highest BCUT2D eigenvalue weighted by Crippen LogP contribution is 2.42. The quantitative estimate of drug-likeness (QED) is 0.168. The predicted octanol–water partition coefficient (Wildman–Crippen LogP) is 7.05. The number of hydrogen-bond acceptors (Lipinski definition) is 5. The Morgan fingerprint density at radius 2 is 1.59 bits per heavy atom. The minimum Gasteiger partial charge on any atom is -0.494 e. The fourth-order valence-corrected chi connectivity index (χ4v) is 5.23. The van der Waals surface area contributed by atoms with Crippen molar-refractivity contribution in [3.63, 3.8) is 0 Å².